The van der Waals surface area contributed by atoms with Crippen LogP contribution in [0.2, 0.25) is 32.7 Å². The molecule has 154 valence electrons. The Kier molecular flexibility index (Phi) is 10.7. The van der Waals surface area contributed by atoms with Gasteiger partial charge in [-0.2, -0.15) is 0 Å². The average Bonchev–Trinajstić information content (AvgIpc) is 2.61. The second-order valence-electron chi connectivity index (χ2n) is 6.50. The van der Waals surface area contributed by atoms with Crippen molar-refractivity contribution in [2.24, 2.45) is 0 Å². The van der Waals surface area contributed by atoms with Gasteiger partial charge in [0.15, 0.2) is 9.04 Å². The predicted octanol–water partition coefficient (Wildman–Crippen LogP) is 3.90. The van der Waals surface area contributed by atoms with Crippen molar-refractivity contribution in [3.8, 4) is 0 Å². The first-order valence-corrected chi connectivity index (χ1v) is 20.4. The Balaban J connectivity index is 5.62. The zero-order valence-corrected chi connectivity index (χ0v) is 22.6. The number of rotatable bonds is 15. The Labute approximate surface area is 170 Å². The van der Waals surface area contributed by atoms with Crippen molar-refractivity contribution < 1.29 is 25.9 Å². The molecular weight excluding hydrogens is 429 g/mol. The van der Waals surface area contributed by atoms with E-state index in [0.717, 1.165) is 0 Å². The molecular formula is C16H34O6Si5. The highest BCUT2D eigenvalue weighted by molar-refractivity contribution is 6.94. The molecule has 0 saturated carbocycles. The maximum absolute atomic E-state index is 6.43. The standard InChI is InChI=1S/C16H34O6Si5/c1-12-23(7)19-25(9,14-3)21-27(11,16-5)22-26(10,15-4)20-24(8,13-2)18-17-6/h12-16,23H,1-5H2,6-11H3. The lowest BCUT2D eigenvalue weighted by atomic mass is 11.3. The van der Waals surface area contributed by atoms with Gasteiger partial charge in [-0.25, -0.2) is 9.46 Å². The lowest BCUT2D eigenvalue weighted by molar-refractivity contribution is -0.199. The summed E-state index contributed by atoms with van der Waals surface area (Å²) in [5.74, 6) is 0. The van der Waals surface area contributed by atoms with Crippen LogP contribution in [0.4, 0.5) is 0 Å². The molecule has 0 aliphatic carbocycles. The van der Waals surface area contributed by atoms with Crippen LogP contribution in [0.15, 0.2) is 61.4 Å². The minimum atomic E-state index is -2.90. The van der Waals surface area contributed by atoms with Crippen LogP contribution in [-0.4, -0.2) is 50.4 Å². The highest BCUT2D eigenvalue weighted by atomic mass is 28.5. The quantitative estimate of drug-likeness (QED) is 0.209. The molecule has 0 aromatic heterocycles. The van der Waals surface area contributed by atoms with Crippen molar-refractivity contribution >= 4 is 43.3 Å². The summed E-state index contributed by atoms with van der Waals surface area (Å²) in [6, 6.07) is 0. The van der Waals surface area contributed by atoms with E-state index in [-0.39, 0.29) is 0 Å². The Hall–Kier alpha value is -0.456. The number of hydrogen-bond acceptors (Lipinski definition) is 6. The third-order valence-corrected chi connectivity index (χ3v) is 20.9. The molecule has 0 aliphatic heterocycles. The third kappa shape index (κ3) is 8.61. The molecule has 0 radical (unpaired) electrons. The molecule has 5 unspecified atom stereocenters. The van der Waals surface area contributed by atoms with E-state index in [2.05, 4.69) is 32.9 Å². The number of hydrogen-bond donors (Lipinski definition) is 0. The van der Waals surface area contributed by atoms with Gasteiger partial charge in [0, 0.05) is 0 Å². The van der Waals surface area contributed by atoms with E-state index < -0.39 is 43.3 Å². The van der Waals surface area contributed by atoms with Gasteiger partial charge in [0.05, 0.1) is 7.11 Å². The highest BCUT2D eigenvalue weighted by Crippen LogP contribution is 2.27. The molecule has 0 N–H and O–H groups in total. The molecule has 0 amide bonds. The molecule has 27 heavy (non-hydrogen) atoms. The largest absolute Gasteiger partial charge is 0.433 e. The van der Waals surface area contributed by atoms with Gasteiger partial charge in [-0.05, 0) is 38.4 Å². The van der Waals surface area contributed by atoms with E-state index in [1.165, 1.54) is 7.11 Å². The molecule has 0 bridgehead atoms. The lowest BCUT2D eigenvalue weighted by Crippen LogP contribution is -2.59. The first kappa shape index (κ1) is 26.5. The van der Waals surface area contributed by atoms with Crippen molar-refractivity contribution in [1.29, 1.82) is 0 Å². The third-order valence-electron chi connectivity index (χ3n) is 3.70. The van der Waals surface area contributed by atoms with Gasteiger partial charge in [0.25, 0.3) is 0 Å². The summed E-state index contributed by atoms with van der Waals surface area (Å²) in [6.07, 6.45) is 0. The van der Waals surface area contributed by atoms with Gasteiger partial charge >= 0.3 is 34.2 Å². The van der Waals surface area contributed by atoms with Crippen molar-refractivity contribution in [2.45, 2.75) is 32.7 Å². The van der Waals surface area contributed by atoms with Gasteiger partial charge in [0.1, 0.15) is 0 Å². The molecule has 0 aliphatic rings. The van der Waals surface area contributed by atoms with Gasteiger partial charge < -0.3 is 16.5 Å². The smallest absolute Gasteiger partial charge is 0.388 e. The topological polar surface area (TPSA) is 55.4 Å². The SMILES string of the molecule is C=C[SiH](C)O[Si](C)(C=C)O[Si](C)(C=C)O[Si](C)(C=C)O[Si](C)(C=C)OOC. The summed E-state index contributed by atoms with van der Waals surface area (Å²) < 4.78 is 30.6. The van der Waals surface area contributed by atoms with Crippen LogP contribution in [0, 0.1) is 0 Å². The Morgan fingerprint density at radius 1 is 0.667 bits per heavy atom. The second-order valence-corrected chi connectivity index (χ2v) is 21.7. The fraction of sp³-hybridized carbons (Fsp3) is 0.375. The summed E-state index contributed by atoms with van der Waals surface area (Å²) in [7, 11) is -11.4. The molecule has 0 aromatic rings. The molecule has 0 fully saturated rings. The van der Waals surface area contributed by atoms with Crippen LogP contribution in [-0.2, 0) is 25.9 Å². The summed E-state index contributed by atoms with van der Waals surface area (Å²) in [5.41, 5.74) is 8.63. The Bertz CT molecular complexity index is 563. The molecule has 0 rings (SSSR count). The van der Waals surface area contributed by atoms with E-state index in [9.17, 15) is 0 Å². The van der Waals surface area contributed by atoms with E-state index in [0.29, 0.717) is 0 Å². The maximum atomic E-state index is 6.43. The first-order chi connectivity index (χ1) is 12.4. The van der Waals surface area contributed by atoms with Crippen LogP contribution < -0.4 is 0 Å². The molecule has 6 nitrogen and oxygen atoms in total. The zero-order valence-electron chi connectivity index (χ0n) is 17.4. The van der Waals surface area contributed by atoms with E-state index >= 15 is 0 Å². The van der Waals surface area contributed by atoms with E-state index in [1.54, 1.807) is 22.8 Å². The van der Waals surface area contributed by atoms with Gasteiger partial charge in [0.2, 0.25) is 0 Å². The Morgan fingerprint density at radius 3 is 1.37 bits per heavy atom. The molecule has 0 saturated heterocycles. The summed E-state index contributed by atoms with van der Waals surface area (Å²) in [4.78, 5) is 4.83. The second kappa shape index (κ2) is 10.9. The van der Waals surface area contributed by atoms with Crippen molar-refractivity contribution in [3.63, 3.8) is 0 Å². The van der Waals surface area contributed by atoms with Crippen molar-refractivity contribution in [1.82, 2.24) is 0 Å². The molecule has 0 aromatic carbocycles. The monoisotopic (exact) mass is 462 g/mol. The highest BCUT2D eigenvalue weighted by Gasteiger charge is 2.48. The van der Waals surface area contributed by atoms with Gasteiger partial charge in [-0.1, -0.05) is 22.8 Å². The van der Waals surface area contributed by atoms with Crippen LogP contribution in [0.5, 0.6) is 0 Å². The Morgan fingerprint density at radius 2 is 1.04 bits per heavy atom. The van der Waals surface area contributed by atoms with Crippen molar-refractivity contribution in [2.75, 3.05) is 7.11 Å². The molecule has 5 atom stereocenters. The molecule has 0 spiro atoms. The first-order valence-electron chi connectivity index (χ1n) is 8.55. The van der Waals surface area contributed by atoms with Crippen molar-refractivity contribution in [3.05, 3.63) is 61.4 Å². The molecule has 0 heterocycles. The zero-order chi connectivity index (χ0) is 21.4. The molecule has 11 heteroatoms. The fourth-order valence-electron chi connectivity index (χ4n) is 2.20. The fourth-order valence-corrected chi connectivity index (χ4v) is 19.8. The predicted molar refractivity (Wildman–Crippen MR) is 123 cm³/mol. The van der Waals surface area contributed by atoms with Crippen LogP contribution in [0.1, 0.15) is 0 Å². The van der Waals surface area contributed by atoms with E-state index in [1.807, 2.05) is 38.4 Å². The van der Waals surface area contributed by atoms with Gasteiger partial charge in [-0.3, -0.25) is 0 Å². The van der Waals surface area contributed by atoms with E-state index in [4.69, 9.17) is 25.9 Å². The summed E-state index contributed by atoms with van der Waals surface area (Å²) in [5, 5.41) is 0. The van der Waals surface area contributed by atoms with Crippen LogP contribution >= 0.6 is 0 Å². The summed E-state index contributed by atoms with van der Waals surface area (Å²) in [6.45, 7) is 28.9. The van der Waals surface area contributed by atoms with Gasteiger partial charge in [-0.15, -0.1) is 32.9 Å². The lowest BCUT2D eigenvalue weighted by Gasteiger charge is -2.40. The summed E-state index contributed by atoms with van der Waals surface area (Å²) >= 11 is 0. The normalized spacial score (nSPS) is 21.4. The van der Waals surface area contributed by atoms with Crippen LogP contribution in [0.3, 0.4) is 0 Å². The minimum absolute atomic E-state index is 1.43. The van der Waals surface area contributed by atoms with Crippen LogP contribution in [0.25, 0.3) is 0 Å². The average molecular weight is 463 g/mol. The minimum Gasteiger partial charge on any atom is -0.433 e. The maximum Gasteiger partial charge on any atom is 0.388 e.